The number of ether oxygens (including phenoxy) is 1. The maximum Gasteiger partial charge on any atom is 0.316 e. The zero-order valence-electron chi connectivity index (χ0n) is 10.3. The van der Waals surface area contributed by atoms with Crippen LogP contribution in [0.2, 0.25) is 0 Å². The lowest BCUT2D eigenvalue weighted by Gasteiger charge is -2.31. The van der Waals surface area contributed by atoms with E-state index in [0.29, 0.717) is 17.8 Å². The van der Waals surface area contributed by atoms with Gasteiger partial charge in [-0.1, -0.05) is 0 Å². The van der Waals surface area contributed by atoms with Crippen molar-refractivity contribution in [2.45, 2.75) is 31.8 Å². The fourth-order valence-corrected chi connectivity index (χ4v) is 2.28. The maximum absolute atomic E-state index is 11.9. The predicted molar refractivity (Wildman–Crippen MR) is 65.0 cm³/mol. The smallest absolute Gasteiger partial charge is 0.316 e. The molecular weight excluding hydrogens is 230 g/mol. The molecule has 0 aromatic carbocycles. The van der Waals surface area contributed by atoms with E-state index >= 15 is 0 Å². The Balaban J connectivity index is 1.49. The van der Waals surface area contributed by atoms with Gasteiger partial charge in [-0.3, -0.25) is 4.79 Å². The van der Waals surface area contributed by atoms with Crippen molar-refractivity contribution >= 4 is 5.91 Å². The first-order valence-corrected chi connectivity index (χ1v) is 6.55. The van der Waals surface area contributed by atoms with Gasteiger partial charge in [-0.05, 0) is 18.9 Å². The molecule has 2 aliphatic rings. The first-order chi connectivity index (χ1) is 8.83. The van der Waals surface area contributed by atoms with E-state index in [-0.39, 0.29) is 6.10 Å². The van der Waals surface area contributed by atoms with Crippen LogP contribution in [0.25, 0.3) is 0 Å². The van der Waals surface area contributed by atoms with E-state index in [2.05, 4.69) is 9.97 Å². The third-order valence-electron chi connectivity index (χ3n) is 3.49. The van der Waals surface area contributed by atoms with Crippen LogP contribution in [-0.4, -0.2) is 40.0 Å². The summed E-state index contributed by atoms with van der Waals surface area (Å²) >= 11 is 0. The molecular formula is C13H17N3O2. The minimum Gasteiger partial charge on any atom is -0.460 e. The van der Waals surface area contributed by atoms with Gasteiger partial charge in [0.2, 0.25) is 5.91 Å². The summed E-state index contributed by atoms with van der Waals surface area (Å²) < 4.78 is 5.70. The predicted octanol–water partition coefficient (Wildman–Crippen LogP) is 1.26. The fourth-order valence-electron chi connectivity index (χ4n) is 2.28. The number of rotatable bonds is 3. The lowest BCUT2D eigenvalue weighted by molar-refractivity contribution is -0.134. The van der Waals surface area contributed by atoms with Gasteiger partial charge in [0.25, 0.3) is 0 Å². The van der Waals surface area contributed by atoms with Crippen molar-refractivity contribution in [2.24, 2.45) is 5.92 Å². The number of likely N-dealkylation sites (tertiary alicyclic amines) is 1. The molecule has 2 heterocycles. The molecule has 96 valence electrons. The van der Waals surface area contributed by atoms with Gasteiger partial charge in [0.15, 0.2) is 0 Å². The Morgan fingerprint density at radius 2 is 1.83 bits per heavy atom. The van der Waals surface area contributed by atoms with Gasteiger partial charge in [-0.15, -0.1) is 0 Å². The molecule has 1 saturated carbocycles. The van der Waals surface area contributed by atoms with Crippen molar-refractivity contribution in [3.63, 3.8) is 0 Å². The highest BCUT2D eigenvalue weighted by molar-refractivity contribution is 5.81. The van der Waals surface area contributed by atoms with Crippen molar-refractivity contribution in [3.8, 4) is 6.01 Å². The number of piperidine rings is 1. The highest BCUT2D eigenvalue weighted by Gasteiger charge is 2.35. The SMILES string of the molecule is O=C(C1CC1)N1CCC(Oc2ncccn2)CC1. The molecule has 1 aromatic rings. The molecule has 2 fully saturated rings. The Bertz CT molecular complexity index is 412. The van der Waals surface area contributed by atoms with E-state index in [0.717, 1.165) is 38.8 Å². The molecule has 0 radical (unpaired) electrons. The van der Waals surface area contributed by atoms with E-state index in [1.165, 1.54) is 0 Å². The quantitative estimate of drug-likeness (QED) is 0.806. The van der Waals surface area contributed by atoms with Crippen molar-refractivity contribution in [1.82, 2.24) is 14.9 Å². The molecule has 0 unspecified atom stereocenters. The van der Waals surface area contributed by atoms with Crippen molar-refractivity contribution in [3.05, 3.63) is 18.5 Å². The van der Waals surface area contributed by atoms with Gasteiger partial charge in [-0.25, -0.2) is 9.97 Å². The van der Waals surface area contributed by atoms with Crippen LogP contribution >= 0.6 is 0 Å². The lowest BCUT2D eigenvalue weighted by atomic mass is 10.1. The number of hydrogen-bond donors (Lipinski definition) is 0. The van der Waals surface area contributed by atoms with E-state index in [9.17, 15) is 4.79 Å². The van der Waals surface area contributed by atoms with Gasteiger partial charge in [0.1, 0.15) is 6.10 Å². The topological polar surface area (TPSA) is 55.3 Å². The summed E-state index contributed by atoms with van der Waals surface area (Å²) in [5.74, 6) is 0.657. The summed E-state index contributed by atoms with van der Waals surface area (Å²) in [4.78, 5) is 22.0. The molecule has 0 atom stereocenters. The summed E-state index contributed by atoms with van der Waals surface area (Å²) in [7, 11) is 0. The lowest BCUT2D eigenvalue weighted by Crippen LogP contribution is -2.42. The summed E-state index contributed by atoms with van der Waals surface area (Å²) in [5.41, 5.74) is 0. The van der Waals surface area contributed by atoms with Crippen LogP contribution in [0.4, 0.5) is 0 Å². The van der Waals surface area contributed by atoms with E-state index in [1.807, 2.05) is 4.90 Å². The van der Waals surface area contributed by atoms with Crippen LogP contribution in [0.15, 0.2) is 18.5 Å². The molecule has 1 aromatic heterocycles. The fraction of sp³-hybridized carbons (Fsp3) is 0.615. The van der Waals surface area contributed by atoms with Crippen LogP contribution in [0.1, 0.15) is 25.7 Å². The minimum atomic E-state index is 0.135. The number of carbonyl (C=O) groups is 1. The van der Waals surface area contributed by atoms with Crippen LogP contribution in [0.5, 0.6) is 6.01 Å². The molecule has 3 rings (SSSR count). The van der Waals surface area contributed by atoms with E-state index < -0.39 is 0 Å². The monoisotopic (exact) mass is 247 g/mol. The van der Waals surface area contributed by atoms with Crippen molar-refractivity contribution < 1.29 is 9.53 Å². The Morgan fingerprint density at radius 3 is 2.44 bits per heavy atom. The van der Waals surface area contributed by atoms with Gasteiger partial charge in [0, 0.05) is 44.2 Å². The van der Waals surface area contributed by atoms with Crippen LogP contribution in [0.3, 0.4) is 0 Å². The van der Waals surface area contributed by atoms with Crippen LogP contribution < -0.4 is 4.74 Å². The average molecular weight is 247 g/mol. The van der Waals surface area contributed by atoms with Crippen molar-refractivity contribution in [2.75, 3.05) is 13.1 Å². The molecule has 1 aliphatic heterocycles. The highest BCUT2D eigenvalue weighted by atomic mass is 16.5. The van der Waals surface area contributed by atoms with E-state index in [1.54, 1.807) is 18.5 Å². The Morgan fingerprint density at radius 1 is 1.17 bits per heavy atom. The van der Waals surface area contributed by atoms with Gasteiger partial charge in [0.05, 0.1) is 0 Å². The number of amides is 1. The first kappa shape index (κ1) is 11.4. The molecule has 0 bridgehead atoms. The molecule has 5 nitrogen and oxygen atoms in total. The summed E-state index contributed by atoms with van der Waals surface area (Å²) in [6, 6.07) is 2.20. The molecule has 0 spiro atoms. The normalized spacial score (nSPS) is 20.8. The van der Waals surface area contributed by atoms with Crippen LogP contribution in [0, 0.1) is 5.92 Å². The summed E-state index contributed by atoms with van der Waals surface area (Å²) in [5, 5.41) is 0. The molecule has 1 aliphatic carbocycles. The third kappa shape index (κ3) is 2.60. The second kappa shape index (κ2) is 4.92. The van der Waals surface area contributed by atoms with Gasteiger partial charge < -0.3 is 9.64 Å². The number of aromatic nitrogens is 2. The standard InChI is InChI=1S/C13H17N3O2/c17-12(10-2-3-10)16-8-4-11(5-9-16)18-13-14-6-1-7-15-13/h1,6-7,10-11H,2-5,8-9H2. The Hall–Kier alpha value is -1.65. The second-order valence-electron chi connectivity index (χ2n) is 4.95. The van der Waals surface area contributed by atoms with E-state index in [4.69, 9.17) is 4.74 Å². The minimum absolute atomic E-state index is 0.135. The largest absolute Gasteiger partial charge is 0.460 e. The van der Waals surface area contributed by atoms with Gasteiger partial charge >= 0.3 is 6.01 Å². The summed E-state index contributed by atoms with van der Waals surface area (Å²) in [6.07, 6.45) is 7.38. The average Bonchev–Trinajstić information content (AvgIpc) is 3.24. The second-order valence-corrected chi connectivity index (χ2v) is 4.95. The Labute approximate surface area is 106 Å². The third-order valence-corrected chi connectivity index (χ3v) is 3.49. The molecule has 5 heteroatoms. The zero-order chi connectivity index (χ0) is 12.4. The van der Waals surface area contributed by atoms with Gasteiger partial charge in [-0.2, -0.15) is 0 Å². The number of nitrogens with zero attached hydrogens (tertiary/aromatic N) is 3. The molecule has 18 heavy (non-hydrogen) atoms. The molecule has 0 N–H and O–H groups in total. The van der Waals surface area contributed by atoms with Crippen molar-refractivity contribution in [1.29, 1.82) is 0 Å². The number of carbonyl (C=O) groups excluding carboxylic acids is 1. The summed E-state index contributed by atoms with van der Waals surface area (Å²) in [6.45, 7) is 1.60. The van der Waals surface area contributed by atoms with Crippen LogP contribution in [-0.2, 0) is 4.79 Å². The first-order valence-electron chi connectivity index (χ1n) is 6.55. The highest BCUT2D eigenvalue weighted by Crippen LogP contribution is 2.32. The molecule has 1 amide bonds. The number of hydrogen-bond acceptors (Lipinski definition) is 4. The maximum atomic E-state index is 11.9. The Kier molecular flexibility index (Phi) is 3.13. The molecule has 1 saturated heterocycles. The zero-order valence-corrected chi connectivity index (χ0v) is 10.3.